The van der Waals surface area contributed by atoms with Crippen molar-refractivity contribution in [3.05, 3.63) is 119 Å². The number of carbonyl (C=O) groups is 6. The normalized spacial score (nSPS) is 17.5. The Morgan fingerprint density at radius 2 is 1.14 bits per heavy atom. The van der Waals surface area contributed by atoms with E-state index in [2.05, 4.69) is 10.6 Å². The van der Waals surface area contributed by atoms with E-state index >= 15 is 0 Å². The van der Waals surface area contributed by atoms with Gasteiger partial charge in [-0.15, -0.1) is 0 Å². The van der Waals surface area contributed by atoms with Crippen LogP contribution in [0, 0.1) is 11.3 Å². The van der Waals surface area contributed by atoms with Crippen molar-refractivity contribution >= 4 is 58.3 Å². The molecule has 5 amide bonds. The van der Waals surface area contributed by atoms with Gasteiger partial charge in [-0.05, 0) is 97.1 Å². The number of morpholine rings is 2. The van der Waals surface area contributed by atoms with E-state index < -0.39 is 83.4 Å². The average Bonchev–Trinajstić information content (AvgIpc) is 3.25. The monoisotopic (exact) mass is 898 g/mol. The molecule has 64 heavy (non-hydrogen) atoms. The van der Waals surface area contributed by atoms with Gasteiger partial charge in [0.1, 0.15) is 0 Å². The number of hydrogen-bond acceptors (Lipinski definition) is 11. The lowest BCUT2D eigenvalue weighted by Gasteiger charge is -2.35. The molecule has 22 heteroatoms. The number of halogens is 6. The fraction of sp³-hybridized carbons (Fsp3) is 0.262. The maximum atomic E-state index is 13.0. The average molecular weight is 899 g/mol. The molecule has 336 valence electrons. The highest BCUT2D eigenvalue weighted by Gasteiger charge is 2.43. The molecule has 2 fully saturated rings. The Morgan fingerprint density at radius 3 is 1.56 bits per heavy atom. The van der Waals surface area contributed by atoms with Gasteiger partial charge in [0.2, 0.25) is 12.0 Å². The van der Waals surface area contributed by atoms with Crippen LogP contribution in [-0.2, 0) is 50.5 Å². The number of nitriles is 1. The molecular weight excluding hydrogens is 862 g/mol. The summed E-state index contributed by atoms with van der Waals surface area (Å²) in [5, 5.41) is 24.1. The number of aliphatic hydroxyl groups is 1. The number of nitrogens with two attached hydrogens (primary N) is 1. The molecule has 0 aliphatic carbocycles. The third-order valence-corrected chi connectivity index (χ3v) is 9.36. The minimum atomic E-state index is -4.53. The highest BCUT2D eigenvalue weighted by Crippen LogP contribution is 2.33. The second-order valence-corrected chi connectivity index (χ2v) is 13.7. The molecule has 2 heterocycles. The Morgan fingerprint density at radius 1 is 0.719 bits per heavy atom. The van der Waals surface area contributed by atoms with Crippen molar-refractivity contribution in [2.24, 2.45) is 5.73 Å². The van der Waals surface area contributed by atoms with Gasteiger partial charge >= 0.3 is 18.3 Å². The number of alkyl halides is 6. The van der Waals surface area contributed by atoms with E-state index in [1.54, 1.807) is 0 Å². The molecule has 4 aromatic carbocycles. The summed E-state index contributed by atoms with van der Waals surface area (Å²) in [7, 11) is 0. The molecule has 4 atom stereocenters. The maximum absolute atomic E-state index is 13.0. The van der Waals surface area contributed by atoms with Crippen molar-refractivity contribution in [2.75, 3.05) is 46.7 Å². The molecule has 2 aliphatic rings. The van der Waals surface area contributed by atoms with Gasteiger partial charge < -0.3 is 45.5 Å². The first-order chi connectivity index (χ1) is 30.2. The largest absolute Gasteiger partial charge is 0.449 e. The van der Waals surface area contributed by atoms with E-state index in [1.807, 2.05) is 6.07 Å². The first-order valence-corrected chi connectivity index (χ1v) is 18.8. The lowest BCUT2D eigenvalue weighted by atomic mass is 10.1. The van der Waals surface area contributed by atoms with Crippen LogP contribution in [-0.4, -0.2) is 91.3 Å². The first-order valence-electron chi connectivity index (χ1n) is 18.8. The van der Waals surface area contributed by atoms with Gasteiger partial charge in [-0.1, -0.05) is 0 Å². The van der Waals surface area contributed by atoms with Gasteiger partial charge in [0.15, 0.2) is 18.3 Å². The smallest absolute Gasteiger partial charge is 0.416 e. The summed E-state index contributed by atoms with van der Waals surface area (Å²) in [6, 6.07) is 21.2. The van der Waals surface area contributed by atoms with Crippen LogP contribution < -0.4 is 26.2 Å². The molecule has 16 nitrogen and oxygen atoms in total. The standard InChI is InChI=1S/C22H18F3N3O5.C20H18F3N3O5/c1-13(29)33-18(20(30)27-16-6-2-14(12-26)3-7-16)19-21(31)28(10-11-32-19)17-8-4-15(5-9-17)22(23,24)25;21-20(22,23)12-3-7-14(8-4-12)26-9-10-31-16(19(26)30)15(27)18(29)25-13-5-1-11(2-6-13)17(24)28/h2-9,18-19H,10-11H2,1H3,(H,27,30);1-8,15-16,27H,9-10H2,(H2,24,28)(H,25,29)/t18-,19-;15-,16-/m11/s1. The van der Waals surface area contributed by atoms with Crippen LogP contribution >= 0.6 is 0 Å². The highest BCUT2D eigenvalue weighted by molar-refractivity contribution is 6.05. The van der Waals surface area contributed by atoms with Crippen molar-refractivity contribution in [3.8, 4) is 6.07 Å². The summed E-state index contributed by atoms with van der Waals surface area (Å²) < 4.78 is 92.4. The molecule has 0 bridgehead atoms. The van der Waals surface area contributed by atoms with Crippen molar-refractivity contribution in [3.63, 3.8) is 0 Å². The van der Waals surface area contributed by atoms with Crippen molar-refractivity contribution in [2.45, 2.75) is 43.7 Å². The third kappa shape index (κ3) is 12.0. The molecule has 0 unspecified atom stereocenters. The van der Waals surface area contributed by atoms with Crippen LogP contribution in [0.4, 0.5) is 49.1 Å². The van der Waals surface area contributed by atoms with E-state index in [0.29, 0.717) is 11.3 Å². The van der Waals surface area contributed by atoms with Gasteiger partial charge in [-0.3, -0.25) is 28.8 Å². The topological polar surface area (TPSA) is 231 Å². The summed E-state index contributed by atoms with van der Waals surface area (Å²) in [4.78, 5) is 75.9. The van der Waals surface area contributed by atoms with E-state index in [9.17, 15) is 60.2 Å². The summed E-state index contributed by atoms with van der Waals surface area (Å²) >= 11 is 0. The number of esters is 1. The zero-order valence-electron chi connectivity index (χ0n) is 33.2. The van der Waals surface area contributed by atoms with Crippen molar-refractivity contribution < 1.29 is 74.4 Å². The Bertz CT molecular complexity index is 2390. The predicted molar refractivity (Wildman–Crippen MR) is 212 cm³/mol. The molecular formula is C42H36F6N6O10. The predicted octanol–water partition coefficient (Wildman–Crippen LogP) is 4.41. The quantitative estimate of drug-likeness (QED) is 0.129. The van der Waals surface area contributed by atoms with Gasteiger partial charge in [0.25, 0.3) is 23.6 Å². The molecule has 6 rings (SSSR count). The number of nitrogens with one attached hydrogen (secondary N) is 2. The Kier molecular flexibility index (Phi) is 15.1. The van der Waals surface area contributed by atoms with Crippen LogP contribution in [0.25, 0.3) is 0 Å². The van der Waals surface area contributed by atoms with Crippen LogP contribution in [0.2, 0.25) is 0 Å². The van der Waals surface area contributed by atoms with Crippen molar-refractivity contribution in [1.82, 2.24) is 0 Å². The molecule has 0 spiro atoms. The second kappa shape index (κ2) is 20.2. The molecule has 0 saturated carbocycles. The number of anilines is 4. The zero-order valence-corrected chi connectivity index (χ0v) is 33.2. The van der Waals surface area contributed by atoms with E-state index in [-0.39, 0.29) is 48.9 Å². The van der Waals surface area contributed by atoms with E-state index in [1.165, 1.54) is 53.4 Å². The molecule has 0 radical (unpaired) electrons. The maximum Gasteiger partial charge on any atom is 0.416 e. The van der Waals surface area contributed by atoms with Gasteiger partial charge in [-0.2, -0.15) is 31.6 Å². The molecule has 5 N–H and O–H groups in total. The number of aliphatic hydroxyl groups excluding tert-OH is 1. The summed E-state index contributed by atoms with van der Waals surface area (Å²) in [6.45, 7) is 1.06. The SMILES string of the molecule is CC(=O)O[C@@H](C(=O)Nc1ccc(C#N)cc1)[C@H]1OCCN(c2ccc(C(F)(F)F)cc2)C1=O.NC(=O)c1ccc(NC(=O)[C@H](O)[C@H]2OCCN(c3ccc(C(F)(F)F)cc3)C2=O)cc1. The van der Waals surface area contributed by atoms with Crippen molar-refractivity contribution in [1.29, 1.82) is 5.26 Å². The van der Waals surface area contributed by atoms with E-state index in [0.717, 1.165) is 60.4 Å². The molecule has 0 aromatic heterocycles. The lowest BCUT2D eigenvalue weighted by molar-refractivity contribution is -0.167. The van der Waals surface area contributed by atoms with Gasteiger partial charge in [-0.25, -0.2) is 0 Å². The number of nitrogens with zero attached hydrogens (tertiary/aromatic N) is 3. The number of amides is 5. The first kappa shape index (κ1) is 47.7. The molecule has 2 saturated heterocycles. The Hall–Kier alpha value is -7.35. The number of primary amides is 1. The fourth-order valence-corrected chi connectivity index (χ4v) is 6.17. The summed E-state index contributed by atoms with van der Waals surface area (Å²) in [5.74, 6) is -4.78. The zero-order chi connectivity index (χ0) is 46.9. The number of ether oxygens (including phenoxy) is 3. The van der Waals surface area contributed by atoms with E-state index in [4.69, 9.17) is 25.2 Å². The van der Waals surface area contributed by atoms with Crippen LogP contribution in [0.1, 0.15) is 34.0 Å². The number of carbonyl (C=O) groups excluding carboxylic acids is 6. The fourth-order valence-electron chi connectivity index (χ4n) is 6.17. The molecule has 4 aromatic rings. The lowest BCUT2D eigenvalue weighted by Crippen LogP contribution is -2.56. The number of benzene rings is 4. The Labute approximate surface area is 359 Å². The minimum absolute atomic E-state index is 0.0325. The van der Waals surface area contributed by atoms with Gasteiger partial charge in [0.05, 0.1) is 36.0 Å². The molecule has 2 aliphatic heterocycles. The van der Waals surface area contributed by atoms with Crippen LogP contribution in [0.15, 0.2) is 97.1 Å². The number of rotatable bonds is 10. The Balaban J connectivity index is 0.000000241. The van der Waals surface area contributed by atoms with Crippen LogP contribution in [0.3, 0.4) is 0 Å². The minimum Gasteiger partial charge on any atom is -0.449 e. The second-order valence-electron chi connectivity index (χ2n) is 13.7. The van der Waals surface area contributed by atoms with Crippen LogP contribution in [0.5, 0.6) is 0 Å². The third-order valence-electron chi connectivity index (χ3n) is 9.36. The number of hydrogen-bond donors (Lipinski definition) is 4. The summed E-state index contributed by atoms with van der Waals surface area (Å²) in [6.07, 6.45) is -15.6. The summed E-state index contributed by atoms with van der Waals surface area (Å²) in [5.41, 5.74) is 4.88. The van der Waals surface area contributed by atoms with Gasteiger partial charge in [0, 0.05) is 48.3 Å². The highest BCUT2D eigenvalue weighted by atomic mass is 19.4.